The zero-order chi connectivity index (χ0) is 33.4. The van der Waals surface area contributed by atoms with E-state index in [0.29, 0.717) is 24.0 Å². The van der Waals surface area contributed by atoms with Crippen molar-refractivity contribution in [1.82, 2.24) is 0 Å². The average molecular weight is 638 g/mol. The maximum absolute atomic E-state index is 13.2. The first-order valence-corrected chi connectivity index (χ1v) is 17.8. The molecule has 7 nitrogen and oxygen atoms in total. The van der Waals surface area contributed by atoms with Gasteiger partial charge < -0.3 is 19.9 Å². The number of hydrogen-bond donors (Lipinski definition) is 1. The highest BCUT2D eigenvalue weighted by molar-refractivity contribution is 5.91. The first-order chi connectivity index (χ1) is 22.3. The molecule has 2 aromatic carbocycles. The maximum Gasteiger partial charge on any atom is 0.404 e. The second kappa shape index (κ2) is 23.9. The molecular weight excluding hydrogens is 578 g/mol. The number of benzene rings is 2. The molecule has 0 heterocycles. The van der Waals surface area contributed by atoms with E-state index in [9.17, 15) is 14.4 Å². The van der Waals surface area contributed by atoms with Gasteiger partial charge in [-0.05, 0) is 55.4 Å². The topological polar surface area (TPSA) is 105 Å². The first kappa shape index (κ1) is 38.8. The number of hydrogen-bond acceptors (Lipinski definition) is 6. The summed E-state index contributed by atoms with van der Waals surface area (Å²) in [6.45, 7) is 6.62. The fourth-order valence-electron chi connectivity index (χ4n) is 6.17. The van der Waals surface area contributed by atoms with Crippen LogP contribution in [0, 0.1) is 5.92 Å². The zero-order valence-electron chi connectivity index (χ0n) is 28.7. The van der Waals surface area contributed by atoms with Gasteiger partial charge in [-0.1, -0.05) is 134 Å². The van der Waals surface area contributed by atoms with Gasteiger partial charge in [0.05, 0.1) is 30.4 Å². The SMILES string of the molecule is CCCCCCCCCCCCCCCC(c1ccccc1C(=O)OCCCOC(N)=O)C(C)CC(C)OC(=O)c1ccccc1. The molecule has 2 aromatic rings. The number of carbonyl (C=O) groups excluding carboxylic acids is 3. The van der Waals surface area contributed by atoms with Crippen molar-refractivity contribution in [3.05, 3.63) is 71.3 Å². The van der Waals surface area contributed by atoms with E-state index in [-0.39, 0.29) is 43.1 Å². The van der Waals surface area contributed by atoms with E-state index in [0.717, 1.165) is 24.8 Å². The molecule has 46 heavy (non-hydrogen) atoms. The Morgan fingerprint density at radius 3 is 1.80 bits per heavy atom. The van der Waals surface area contributed by atoms with Crippen LogP contribution in [0.1, 0.15) is 156 Å². The molecule has 0 fully saturated rings. The standard InChI is InChI=1S/C39H59NO6/c1-4-5-6-7-8-9-10-11-12-13-14-15-19-25-34(31(2)30-32(3)46-37(41)33-23-17-16-18-24-33)35-26-20-21-27-36(35)38(42)44-28-22-29-45-39(40)43/h16-18,20-21,23-24,26-27,31-32,34H,4-15,19,22,25,28-30H2,1-3H3,(H2,40,43). The van der Waals surface area contributed by atoms with Crippen LogP contribution in [0.15, 0.2) is 54.6 Å². The predicted octanol–water partition coefficient (Wildman–Crippen LogP) is 10.2. The normalized spacial score (nSPS) is 13.0. The maximum atomic E-state index is 13.2. The fraction of sp³-hybridized carbons (Fsp3) is 0.615. The molecule has 0 aromatic heterocycles. The van der Waals surface area contributed by atoms with E-state index >= 15 is 0 Å². The highest BCUT2D eigenvalue weighted by Gasteiger charge is 2.27. The van der Waals surface area contributed by atoms with Gasteiger partial charge in [0.1, 0.15) is 0 Å². The molecule has 0 bridgehead atoms. The Hall–Kier alpha value is -3.35. The third kappa shape index (κ3) is 16.3. The summed E-state index contributed by atoms with van der Waals surface area (Å²) < 4.78 is 16.1. The molecule has 7 heteroatoms. The molecule has 0 radical (unpaired) electrons. The number of carbonyl (C=O) groups is 3. The summed E-state index contributed by atoms with van der Waals surface area (Å²) in [7, 11) is 0. The van der Waals surface area contributed by atoms with Crippen molar-refractivity contribution in [3.8, 4) is 0 Å². The summed E-state index contributed by atoms with van der Waals surface area (Å²) in [5.41, 5.74) is 7.07. The Morgan fingerprint density at radius 1 is 0.652 bits per heavy atom. The van der Waals surface area contributed by atoms with E-state index in [1.54, 1.807) is 12.1 Å². The third-order valence-corrected chi connectivity index (χ3v) is 8.67. The van der Waals surface area contributed by atoms with E-state index in [1.165, 1.54) is 70.6 Å². The lowest BCUT2D eigenvalue weighted by atomic mass is 9.78. The van der Waals surface area contributed by atoms with Crippen molar-refractivity contribution in [2.75, 3.05) is 13.2 Å². The van der Waals surface area contributed by atoms with Crippen molar-refractivity contribution < 1.29 is 28.6 Å². The number of esters is 2. The van der Waals surface area contributed by atoms with Gasteiger partial charge in [0.25, 0.3) is 0 Å². The summed E-state index contributed by atoms with van der Waals surface area (Å²) in [6, 6.07) is 16.7. The van der Waals surface area contributed by atoms with Crippen LogP contribution in [0.25, 0.3) is 0 Å². The molecule has 3 unspecified atom stereocenters. The van der Waals surface area contributed by atoms with Crippen molar-refractivity contribution in [2.24, 2.45) is 11.7 Å². The Labute approximate surface area is 278 Å². The molecule has 2 N–H and O–H groups in total. The Bertz CT molecular complexity index is 1120. The summed E-state index contributed by atoms with van der Waals surface area (Å²) in [5, 5.41) is 0. The molecule has 0 aliphatic heterocycles. The van der Waals surface area contributed by atoms with Gasteiger partial charge in [-0.25, -0.2) is 14.4 Å². The highest BCUT2D eigenvalue weighted by Crippen LogP contribution is 2.36. The van der Waals surface area contributed by atoms with Crippen molar-refractivity contribution >= 4 is 18.0 Å². The molecule has 0 spiro atoms. The minimum atomic E-state index is -0.842. The van der Waals surface area contributed by atoms with Gasteiger partial charge in [-0.15, -0.1) is 0 Å². The van der Waals surface area contributed by atoms with Crippen molar-refractivity contribution in [2.45, 2.75) is 136 Å². The number of nitrogens with two attached hydrogens (primary N) is 1. The lowest BCUT2D eigenvalue weighted by Crippen LogP contribution is -2.22. The molecular formula is C39H59NO6. The average Bonchev–Trinajstić information content (AvgIpc) is 3.05. The Balaban J connectivity index is 1.95. The summed E-state index contributed by atoms with van der Waals surface area (Å²) in [4.78, 5) is 36.7. The van der Waals surface area contributed by atoms with Crippen LogP contribution in [-0.4, -0.2) is 37.3 Å². The van der Waals surface area contributed by atoms with Gasteiger partial charge in [-0.3, -0.25) is 0 Å². The molecule has 256 valence electrons. The minimum Gasteiger partial charge on any atom is -0.462 e. The monoisotopic (exact) mass is 637 g/mol. The highest BCUT2D eigenvalue weighted by atomic mass is 16.6. The lowest BCUT2D eigenvalue weighted by molar-refractivity contribution is 0.0283. The van der Waals surface area contributed by atoms with Crippen LogP contribution < -0.4 is 5.73 Å². The number of ether oxygens (including phenoxy) is 3. The van der Waals surface area contributed by atoms with Gasteiger partial charge >= 0.3 is 18.0 Å². The summed E-state index contributed by atoms with van der Waals surface area (Å²) in [6.07, 6.45) is 17.8. The number of primary amides is 1. The van der Waals surface area contributed by atoms with Crippen LogP contribution in [0.3, 0.4) is 0 Å². The molecule has 2 rings (SSSR count). The number of amides is 1. The molecule has 0 aliphatic carbocycles. The first-order valence-electron chi connectivity index (χ1n) is 17.8. The Kier molecular flexibility index (Phi) is 20.2. The van der Waals surface area contributed by atoms with Crippen LogP contribution >= 0.6 is 0 Å². The summed E-state index contributed by atoms with van der Waals surface area (Å²) in [5.74, 6) is -0.445. The fourth-order valence-corrected chi connectivity index (χ4v) is 6.17. The molecule has 0 saturated heterocycles. The minimum absolute atomic E-state index is 0.0998. The molecule has 0 saturated carbocycles. The van der Waals surface area contributed by atoms with Gasteiger partial charge in [0.15, 0.2) is 0 Å². The quantitative estimate of drug-likeness (QED) is 0.0660. The van der Waals surface area contributed by atoms with Crippen LogP contribution in [0.2, 0.25) is 0 Å². The Morgan fingerprint density at radius 2 is 1.20 bits per heavy atom. The van der Waals surface area contributed by atoms with Gasteiger partial charge in [0, 0.05) is 6.42 Å². The van der Waals surface area contributed by atoms with E-state index in [2.05, 4.69) is 13.8 Å². The third-order valence-electron chi connectivity index (χ3n) is 8.67. The van der Waals surface area contributed by atoms with Crippen molar-refractivity contribution in [3.63, 3.8) is 0 Å². The zero-order valence-corrected chi connectivity index (χ0v) is 28.7. The van der Waals surface area contributed by atoms with Crippen molar-refractivity contribution in [1.29, 1.82) is 0 Å². The second-order valence-electron chi connectivity index (χ2n) is 12.7. The van der Waals surface area contributed by atoms with Crippen LogP contribution in [0.4, 0.5) is 4.79 Å². The van der Waals surface area contributed by atoms with E-state index < -0.39 is 6.09 Å². The number of rotatable bonds is 25. The van der Waals surface area contributed by atoms with Gasteiger partial charge in [0.2, 0.25) is 0 Å². The predicted molar refractivity (Wildman–Crippen MR) is 185 cm³/mol. The molecule has 0 aliphatic rings. The van der Waals surface area contributed by atoms with E-state index in [1.807, 2.05) is 49.4 Å². The lowest BCUT2D eigenvalue weighted by Gasteiger charge is -2.28. The van der Waals surface area contributed by atoms with Crippen LogP contribution in [0.5, 0.6) is 0 Å². The molecule has 1 amide bonds. The second-order valence-corrected chi connectivity index (χ2v) is 12.7. The summed E-state index contributed by atoms with van der Waals surface area (Å²) >= 11 is 0. The van der Waals surface area contributed by atoms with Gasteiger partial charge in [-0.2, -0.15) is 0 Å². The molecule has 3 atom stereocenters. The smallest absolute Gasteiger partial charge is 0.404 e. The van der Waals surface area contributed by atoms with E-state index in [4.69, 9.17) is 19.9 Å². The van der Waals surface area contributed by atoms with Crippen LogP contribution in [-0.2, 0) is 14.2 Å². The number of unbranched alkanes of at least 4 members (excludes halogenated alkanes) is 12. The largest absolute Gasteiger partial charge is 0.462 e.